The van der Waals surface area contributed by atoms with E-state index in [0.29, 0.717) is 174 Å². The van der Waals surface area contributed by atoms with Gasteiger partial charge in [0.05, 0.1) is 0 Å². The van der Waals surface area contributed by atoms with E-state index in [4.69, 9.17) is 26.5 Å². The van der Waals surface area contributed by atoms with E-state index in [1.165, 1.54) is 0 Å². The molecule has 124 heavy (non-hydrogen) atoms. The van der Waals surface area contributed by atoms with E-state index in [1.807, 2.05) is 194 Å². The van der Waals surface area contributed by atoms with E-state index in [9.17, 15) is 28.8 Å². The molecule has 0 spiro atoms. The number of para-hydroxylation sites is 12. The van der Waals surface area contributed by atoms with Crippen molar-refractivity contribution in [2.45, 2.75) is 0 Å². The zero-order chi connectivity index (χ0) is 84.0. The first kappa shape index (κ1) is 76.5. The number of carbonyl (C=O) groups excluding carboxylic acids is 6. The van der Waals surface area contributed by atoms with Crippen molar-refractivity contribution in [1.82, 2.24) is 49.7 Å². The minimum Gasteiger partial charge on any atom is -0.436 e. The fourth-order valence-electron chi connectivity index (χ4n) is 14.0. The van der Waals surface area contributed by atoms with Crippen LogP contribution in [-0.2, 0) is 0 Å². The van der Waals surface area contributed by atoms with Gasteiger partial charge < -0.3 is 57.6 Å². The Kier molecular flexibility index (Phi) is 20.9. The number of nitrogens with zero attached hydrogens (tertiary/aromatic N) is 10. The van der Waals surface area contributed by atoms with Gasteiger partial charge in [-0.15, -0.1) is 0 Å². The summed E-state index contributed by atoms with van der Waals surface area (Å²) >= 11 is 0. The van der Waals surface area contributed by atoms with Crippen LogP contribution in [0.5, 0.6) is 0 Å². The SMILES string of the molecule is O=C(Nc1ccc(NC(=O)c2cccc(-c3nc4ccccc4o3)c2)cc1)c1cccc(-c2nc3ccccc3o2)c1.O=C(Nc1ccc(NC(=O)c2cccc(-c3nc4ccccc4o3)n2)cc1)c1cccc(-c2nc3ccccc3o2)n1.O=C(c1cccc(-c2nc3ccccc3o2)c1)N1CCN(C(=O)c2cccc(-c3nc4ccccc4o3)c2)CC1. The molecule has 1 aliphatic heterocycles. The first-order valence-corrected chi connectivity index (χ1v) is 39.3. The van der Waals surface area contributed by atoms with Crippen LogP contribution in [0.25, 0.3) is 136 Å². The molecule has 0 bridgehead atoms. The first-order valence-electron chi connectivity index (χ1n) is 39.3. The number of rotatable bonds is 16. The molecule has 1 aliphatic rings. The molecule has 20 aromatic rings. The van der Waals surface area contributed by atoms with Crippen LogP contribution in [0, 0.1) is 0 Å². The van der Waals surface area contributed by atoms with Crippen molar-refractivity contribution in [2.75, 3.05) is 47.4 Å². The molecule has 21 rings (SSSR count). The van der Waals surface area contributed by atoms with Crippen LogP contribution in [0.3, 0.4) is 0 Å². The predicted molar refractivity (Wildman–Crippen MR) is 469 cm³/mol. The number of hydrogen-bond acceptors (Lipinski definition) is 20. The maximum absolute atomic E-state index is 13.3. The van der Waals surface area contributed by atoms with Crippen molar-refractivity contribution >= 4 is 125 Å². The molecule has 0 saturated carbocycles. The molecule has 26 heteroatoms. The van der Waals surface area contributed by atoms with Crippen LogP contribution in [0.4, 0.5) is 22.7 Å². The van der Waals surface area contributed by atoms with Crippen LogP contribution >= 0.6 is 0 Å². The lowest BCUT2D eigenvalue weighted by molar-refractivity contribution is 0.0535. The number of hydrogen-bond donors (Lipinski definition) is 4. The van der Waals surface area contributed by atoms with Crippen LogP contribution in [-0.4, -0.2) is 111 Å². The second kappa shape index (κ2) is 33.9. The number of anilines is 4. The Balaban J connectivity index is 0.000000122. The zero-order valence-corrected chi connectivity index (χ0v) is 65.4. The Hall–Kier alpha value is -17.4. The molecule has 9 heterocycles. The summed E-state index contributed by atoms with van der Waals surface area (Å²) in [5.74, 6) is 1.01. The van der Waals surface area contributed by atoms with E-state index >= 15 is 0 Å². The zero-order valence-electron chi connectivity index (χ0n) is 65.4. The fraction of sp³-hybridized carbons (Fsp3) is 0.0408. The number of oxazole rings is 6. The van der Waals surface area contributed by atoms with Gasteiger partial charge in [0.2, 0.25) is 35.3 Å². The Labute approximate surface area is 703 Å². The molecule has 0 atom stereocenters. The van der Waals surface area contributed by atoms with Crippen molar-refractivity contribution in [3.8, 4) is 69.0 Å². The maximum atomic E-state index is 13.3. The monoisotopic (exact) mass is 1630 g/mol. The summed E-state index contributed by atoms with van der Waals surface area (Å²) < 4.78 is 35.0. The van der Waals surface area contributed by atoms with Gasteiger partial charge in [0.25, 0.3) is 35.4 Å². The topological polar surface area (TPSA) is 339 Å². The van der Waals surface area contributed by atoms with E-state index in [2.05, 4.69) is 61.1 Å². The van der Waals surface area contributed by atoms with Gasteiger partial charge in [-0.25, -0.2) is 39.9 Å². The molecule has 8 aromatic heterocycles. The maximum Gasteiger partial charge on any atom is 0.274 e. The van der Waals surface area contributed by atoms with Crippen molar-refractivity contribution in [2.24, 2.45) is 0 Å². The van der Waals surface area contributed by atoms with Crippen molar-refractivity contribution < 1.29 is 55.3 Å². The third-order valence-corrected chi connectivity index (χ3v) is 20.3. The van der Waals surface area contributed by atoms with Crippen LogP contribution in [0.1, 0.15) is 62.4 Å². The van der Waals surface area contributed by atoms with Gasteiger partial charge in [-0.3, -0.25) is 28.8 Å². The quantitative estimate of drug-likeness (QED) is 0.0698. The van der Waals surface area contributed by atoms with E-state index in [0.717, 1.165) is 33.2 Å². The molecular formula is C98H66N14O12. The Morgan fingerprint density at radius 2 is 0.460 bits per heavy atom. The Morgan fingerprint density at radius 3 is 0.742 bits per heavy atom. The average molecular weight is 1630 g/mol. The minimum atomic E-state index is -0.398. The van der Waals surface area contributed by atoms with Gasteiger partial charge in [0.1, 0.15) is 55.9 Å². The molecule has 6 amide bonds. The summed E-state index contributed by atoms with van der Waals surface area (Å²) in [7, 11) is 0. The fourth-order valence-corrected chi connectivity index (χ4v) is 14.0. The summed E-state index contributed by atoms with van der Waals surface area (Å²) in [5, 5.41) is 11.4. The van der Waals surface area contributed by atoms with Crippen LogP contribution < -0.4 is 21.3 Å². The number of carbonyl (C=O) groups is 6. The summed E-state index contributed by atoms with van der Waals surface area (Å²) in [6, 6.07) is 97.6. The lowest BCUT2D eigenvalue weighted by Crippen LogP contribution is -2.50. The molecule has 1 fully saturated rings. The average Bonchev–Trinajstić information content (AvgIpc) is 1.45. The largest absolute Gasteiger partial charge is 0.436 e. The van der Waals surface area contributed by atoms with E-state index in [-0.39, 0.29) is 35.0 Å². The number of pyridine rings is 2. The third kappa shape index (κ3) is 16.8. The highest BCUT2D eigenvalue weighted by molar-refractivity contribution is 6.08. The van der Waals surface area contributed by atoms with Gasteiger partial charge in [0.15, 0.2) is 33.5 Å². The van der Waals surface area contributed by atoms with Gasteiger partial charge in [-0.1, -0.05) is 109 Å². The predicted octanol–water partition coefficient (Wildman–Crippen LogP) is 20.3. The molecule has 0 radical (unpaired) electrons. The van der Waals surface area contributed by atoms with E-state index in [1.54, 1.807) is 143 Å². The minimum absolute atomic E-state index is 0.0805. The second-order valence-electron chi connectivity index (χ2n) is 28.6. The summed E-state index contributed by atoms with van der Waals surface area (Å²) in [6.45, 7) is 1.79. The van der Waals surface area contributed by atoms with Gasteiger partial charge in [0, 0.05) is 93.4 Å². The van der Waals surface area contributed by atoms with Crippen molar-refractivity contribution in [1.29, 1.82) is 0 Å². The highest BCUT2D eigenvalue weighted by atomic mass is 16.4. The highest BCUT2D eigenvalue weighted by Gasteiger charge is 2.28. The van der Waals surface area contributed by atoms with Crippen molar-refractivity contribution in [3.05, 3.63) is 361 Å². The number of fused-ring (bicyclic) bond motifs is 6. The number of nitrogens with one attached hydrogen (secondary N) is 4. The van der Waals surface area contributed by atoms with Gasteiger partial charge in [-0.05, 0) is 218 Å². The molecule has 12 aromatic carbocycles. The number of piperazine rings is 1. The standard InChI is InChI=1S/C34H22N4O4.C32H20N6O4.C32H24N4O4/c39-31(21-7-5-9-23(19-21)33-37-27-11-1-3-13-29(27)41-33)35-25-15-17-26(18-16-25)36-32(40)22-8-6-10-24(20-22)34-38-28-12-2-4-14-30(28)42-34;39-29(23-9-5-11-25(35-23)31-37-21-7-1-3-13-27(21)41-31)33-19-15-17-20(18-16-19)34-30(40)24-10-6-12-26(36-24)32-38-22-8-2-4-14-28(22)42-32;37-31(23-9-5-7-21(19-23)29-33-25-11-1-3-13-27(25)39-29)35-15-17-36(18-16-35)32(38)24-10-6-8-22(20-24)30-34-26-12-2-4-14-28(26)40-30/h1-20H,(H,35,39)(H,36,40);1-18H,(H,33,39)(H,34,40);1-14,19-20H,15-18H2. The molecule has 4 N–H and O–H groups in total. The van der Waals surface area contributed by atoms with E-state index < -0.39 is 11.8 Å². The number of amides is 6. The lowest BCUT2D eigenvalue weighted by Gasteiger charge is -2.35. The first-order chi connectivity index (χ1) is 60.8. The molecular weight excluding hydrogens is 1570 g/mol. The summed E-state index contributed by atoms with van der Waals surface area (Å²) in [4.78, 5) is 118. The molecule has 26 nitrogen and oxygen atoms in total. The van der Waals surface area contributed by atoms with Gasteiger partial charge in [-0.2, -0.15) is 0 Å². The number of aromatic nitrogens is 8. The molecule has 600 valence electrons. The normalized spacial score (nSPS) is 11.9. The van der Waals surface area contributed by atoms with Crippen LogP contribution in [0.15, 0.2) is 354 Å². The Bertz CT molecular complexity index is 6530. The van der Waals surface area contributed by atoms with Crippen LogP contribution in [0.2, 0.25) is 0 Å². The lowest BCUT2D eigenvalue weighted by atomic mass is 10.1. The smallest absolute Gasteiger partial charge is 0.274 e. The summed E-state index contributed by atoms with van der Waals surface area (Å²) in [6.07, 6.45) is 0. The summed E-state index contributed by atoms with van der Waals surface area (Å²) in [5.41, 5.74) is 17.0. The molecule has 0 unspecified atom stereocenters. The molecule has 1 saturated heterocycles. The van der Waals surface area contributed by atoms with Crippen molar-refractivity contribution in [3.63, 3.8) is 0 Å². The number of benzene rings is 12. The molecule has 0 aliphatic carbocycles. The highest BCUT2D eigenvalue weighted by Crippen LogP contribution is 2.33. The second-order valence-corrected chi connectivity index (χ2v) is 28.6. The third-order valence-electron chi connectivity index (χ3n) is 20.3. The Morgan fingerprint density at radius 1 is 0.226 bits per heavy atom. The van der Waals surface area contributed by atoms with Gasteiger partial charge >= 0.3 is 0 Å².